The van der Waals surface area contributed by atoms with E-state index in [1.54, 1.807) is 13.8 Å². The van der Waals surface area contributed by atoms with Gasteiger partial charge in [0.25, 0.3) is 0 Å². The number of aryl methyl sites for hydroxylation is 1. The Balaban J connectivity index is 3.51. The van der Waals surface area contributed by atoms with Gasteiger partial charge < -0.3 is 15.2 Å². The lowest BCUT2D eigenvalue weighted by Gasteiger charge is -2.15. The van der Waals surface area contributed by atoms with Gasteiger partial charge in [-0.15, -0.1) is 0 Å². The highest BCUT2D eigenvalue weighted by Gasteiger charge is 2.23. The van der Waals surface area contributed by atoms with Gasteiger partial charge in [0.2, 0.25) is 5.91 Å². The molecular formula is C14H17NO5. The molecular weight excluding hydrogens is 262 g/mol. The number of ether oxygens (including phenoxy) is 1. The van der Waals surface area contributed by atoms with Gasteiger partial charge in [-0.3, -0.25) is 4.79 Å². The van der Waals surface area contributed by atoms with E-state index in [9.17, 15) is 19.5 Å². The zero-order valence-corrected chi connectivity index (χ0v) is 11.9. The maximum atomic E-state index is 11.9. The maximum Gasteiger partial charge on any atom is 0.338 e. The molecule has 0 aliphatic heterocycles. The molecule has 0 atom stereocenters. The molecule has 1 rings (SSSR count). The monoisotopic (exact) mass is 279 g/mol. The molecule has 20 heavy (non-hydrogen) atoms. The summed E-state index contributed by atoms with van der Waals surface area (Å²) >= 11 is 0. The Kier molecular flexibility index (Phi) is 4.85. The molecule has 0 radical (unpaired) electrons. The number of nitrogens with one attached hydrogen (secondary N) is 1. The summed E-state index contributed by atoms with van der Waals surface area (Å²) in [6.45, 7) is 6.35. The first-order valence-electron chi connectivity index (χ1n) is 6.11. The fourth-order valence-electron chi connectivity index (χ4n) is 2.06. The Labute approximate surface area is 116 Å². The van der Waals surface area contributed by atoms with Gasteiger partial charge in [0.05, 0.1) is 23.4 Å². The van der Waals surface area contributed by atoms with Crippen LogP contribution in [0.25, 0.3) is 0 Å². The summed E-state index contributed by atoms with van der Waals surface area (Å²) in [5.74, 6) is -2.16. The van der Waals surface area contributed by atoms with Gasteiger partial charge in [0.15, 0.2) is 0 Å². The number of amides is 1. The molecule has 0 heterocycles. The van der Waals surface area contributed by atoms with Crippen LogP contribution in [0.15, 0.2) is 6.07 Å². The number of esters is 1. The van der Waals surface area contributed by atoms with Crippen molar-refractivity contribution in [2.24, 2.45) is 0 Å². The molecule has 1 amide bonds. The summed E-state index contributed by atoms with van der Waals surface area (Å²) in [5, 5.41) is 11.7. The molecule has 6 nitrogen and oxygen atoms in total. The fraction of sp³-hybridized carbons (Fsp3) is 0.357. The minimum absolute atomic E-state index is 0.103. The molecule has 6 heteroatoms. The van der Waals surface area contributed by atoms with Crippen LogP contribution in [0.4, 0.5) is 5.69 Å². The standard InChI is InChI=1S/C14H17NO5/c1-5-20-14(19)11-7(2)6-10(15-9(4)16)12(8(11)3)13(17)18/h6H,5H2,1-4H3,(H,15,16)(H,17,18). The first-order chi connectivity index (χ1) is 9.29. The quantitative estimate of drug-likeness (QED) is 0.824. The molecule has 0 unspecified atom stereocenters. The molecule has 1 aromatic carbocycles. The normalized spacial score (nSPS) is 10.0. The van der Waals surface area contributed by atoms with Crippen LogP contribution in [0.3, 0.4) is 0 Å². The van der Waals surface area contributed by atoms with Gasteiger partial charge in [-0.1, -0.05) is 0 Å². The number of carbonyl (C=O) groups excluding carboxylic acids is 2. The third-order valence-corrected chi connectivity index (χ3v) is 2.78. The zero-order valence-electron chi connectivity index (χ0n) is 11.9. The van der Waals surface area contributed by atoms with Gasteiger partial charge in [-0.05, 0) is 38.0 Å². The third kappa shape index (κ3) is 3.14. The van der Waals surface area contributed by atoms with Crippen molar-refractivity contribution < 1.29 is 24.2 Å². The number of hydrogen-bond donors (Lipinski definition) is 2. The average Bonchev–Trinajstić information content (AvgIpc) is 2.26. The molecule has 0 aliphatic rings. The lowest BCUT2D eigenvalue weighted by Crippen LogP contribution is -2.17. The summed E-state index contributed by atoms with van der Waals surface area (Å²) < 4.78 is 4.93. The molecule has 0 fully saturated rings. The van der Waals surface area contributed by atoms with Crippen molar-refractivity contribution in [3.8, 4) is 0 Å². The van der Waals surface area contributed by atoms with Crippen molar-refractivity contribution in [1.29, 1.82) is 0 Å². The summed E-state index contributed by atoms with van der Waals surface area (Å²) in [4.78, 5) is 34.4. The zero-order chi connectivity index (χ0) is 15.4. The van der Waals surface area contributed by atoms with Gasteiger partial charge in [-0.25, -0.2) is 9.59 Å². The van der Waals surface area contributed by atoms with E-state index in [1.807, 2.05) is 0 Å². The van der Waals surface area contributed by atoms with Gasteiger partial charge in [0.1, 0.15) is 0 Å². The average molecular weight is 279 g/mol. The Morgan fingerprint density at radius 1 is 1.25 bits per heavy atom. The van der Waals surface area contributed by atoms with Crippen LogP contribution in [-0.2, 0) is 9.53 Å². The van der Waals surface area contributed by atoms with Crippen LogP contribution < -0.4 is 5.32 Å². The maximum absolute atomic E-state index is 11.9. The van der Waals surface area contributed by atoms with Crippen molar-refractivity contribution in [2.75, 3.05) is 11.9 Å². The van der Waals surface area contributed by atoms with Crippen molar-refractivity contribution in [1.82, 2.24) is 0 Å². The van der Waals surface area contributed by atoms with Crippen molar-refractivity contribution in [3.63, 3.8) is 0 Å². The van der Waals surface area contributed by atoms with Gasteiger partial charge >= 0.3 is 11.9 Å². The second kappa shape index (κ2) is 6.18. The van der Waals surface area contributed by atoms with Crippen LogP contribution >= 0.6 is 0 Å². The SMILES string of the molecule is CCOC(=O)c1c(C)cc(NC(C)=O)c(C(=O)O)c1C. The van der Waals surface area contributed by atoms with Crippen molar-refractivity contribution in [2.45, 2.75) is 27.7 Å². The van der Waals surface area contributed by atoms with Crippen LogP contribution in [0, 0.1) is 13.8 Å². The largest absolute Gasteiger partial charge is 0.478 e. The number of anilines is 1. The topological polar surface area (TPSA) is 92.7 Å². The molecule has 0 saturated heterocycles. The second-order valence-electron chi connectivity index (χ2n) is 4.32. The number of benzene rings is 1. The highest BCUT2D eigenvalue weighted by molar-refractivity contribution is 6.05. The smallest absolute Gasteiger partial charge is 0.338 e. The van der Waals surface area contributed by atoms with E-state index in [1.165, 1.54) is 19.9 Å². The fourth-order valence-corrected chi connectivity index (χ4v) is 2.06. The molecule has 0 spiro atoms. The molecule has 0 bridgehead atoms. The lowest BCUT2D eigenvalue weighted by atomic mass is 9.95. The van der Waals surface area contributed by atoms with E-state index in [-0.39, 0.29) is 34.9 Å². The van der Waals surface area contributed by atoms with Crippen molar-refractivity contribution in [3.05, 3.63) is 28.3 Å². The number of rotatable bonds is 4. The number of carboxylic acid groups (broad SMARTS) is 1. The molecule has 2 N–H and O–H groups in total. The van der Waals surface area contributed by atoms with Gasteiger partial charge in [-0.2, -0.15) is 0 Å². The van der Waals surface area contributed by atoms with E-state index >= 15 is 0 Å². The van der Waals surface area contributed by atoms with Crippen molar-refractivity contribution >= 4 is 23.5 Å². The number of carbonyl (C=O) groups is 3. The predicted molar refractivity (Wildman–Crippen MR) is 73.1 cm³/mol. The lowest BCUT2D eigenvalue weighted by molar-refractivity contribution is -0.114. The third-order valence-electron chi connectivity index (χ3n) is 2.78. The Bertz CT molecular complexity index is 577. The summed E-state index contributed by atoms with van der Waals surface area (Å²) in [6.07, 6.45) is 0. The van der Waals surface area contributed by atoms with E-state index in [2.05, 4.69) is 5.32 Å². The van der Waals surface area contributed by atoms with Crippen LogP contribution in [0.2, 0.25) is 0 Å². The summed E-state index contributed by atoms with van der Waals surface area (Å²) in [6, 6.07) is 1.46. The number of carboxylic acids is 1. The predicted octanol–water partition coefficient (Wildman–Crippen LogP) is 2.14. The minimum atomic E-state index is -1.21. The Morgan fingerprint density at radius 3 is 2.30 bits per heavy atom. The van der Waals surface area contributed by atoms with E-state index < -0.39 is 11.9 Å². The second-order valence-corrected chi connectivity index (χ2v) is 4.32. The molecule has 108 valence electrons. The van der Waals surface area contributed by atoms with E-state index in [4.69, 9.17) is 4.74 Å². The van der Waals surface area contributed by atoms with Gasteiger partial charge in [0, 0.05) is 6.92 Å². The van der Waals surface area contributed by atoms with E-state index in [0.717, 1.165) is 0 Å². The Morgan fingerprint density at radius 2 is 1.85 bits per heavy atom. The molecule has 0 aliphatic carbocycles. The molecule has 0 saturated carbocycles. The minimum Gasteiger partial charge on any atom is -0.478 e. The summed E-state index contributed by atoms with van der Waals surface area (Å²) in [7, 11) is 0. The van der Waals surface area contributed by atoms with Crippen LogP contribution in [0.1, 0.15) is 45.7 Å². The number of aromatic carboxylic acids is 1. The highest BCUT2D eigenvalue weighted by Crippen LogP contribution is 2.27. The highest BCUT2D eigenvalue weighted by atomic mass is 16.5. The van der Waals surface area contributed by atoms with E-state index in [0.29, 0.717) is 5.56 Å². The number of hydrogen-bond acceptors (Lipinski definition) is 4. The first kappa shape index (κ1) is 15.7. The molecule has 1 aromatic rings. The van der Waals surface area contributed by atoms with Crippen LogP contribution in [0.5, 0.6) is 0 Å². The van der Waals surface area contributed by atoms with Crippen LogP contribution in [-0.4, -0.2) is 29.6 Å². The molecule has 0 aromatic heterocycles. The Hall–Kier alpha value is -2.37. The first-order valence-corrected chi connectivity index (χ1v) is 6.11. The summed E-state index contributed by atoms with van der Waals surface area (Å²) in [5.41, 5.74) is 1.12.